The Balaban J connectivity index is 1.16. The number of hydrogen-bond donors (Lipinski definition) is 0. The van der Waals surface area contributed by atoms with Crippen molar-refractivity contribution in [2.75, 3.05) is 39.3 Å². The molecule has 2 heterocycles. The van der Waals surface area contributed by atoms with Gasteiger partial charge in [0.05, 0.1) is 6.54 Å². The summed E-state index contributed by atoms with van der Waals surface area (Å²) in [4.78, 5) is 19.9. The van der Waals surface area contributed by atoms with Crippen molar-refractivity contribution >= 4 is 5.91 Å². The van der Waals surface area contributed by atoms with Gasteiger partial charge in [0.15, 0.2) is 0 Å². The molecule has 4 nitrogen and oxygen atoms in total. The highest BCUT2D eigenvalue weighted by atomic mass is 19.1. The molecule has 0 aromatic heterocycles. The molecule has 2 aliphatic heterocycles. The van der Waals surface area contributed by atoms with Crippen molar-refractivity contribution in [3.05, 3.63) is 58.9 Å². The number of piperazine rings is 1. The van der Waals surface area contributed by atoms with Gasteiger partial charge < -0.3 is 4.90 Å². The molecule has 0 unspecified atom stereocenters. The maximum atomic E-state index is 14.4. The van der Waals surface area contributed by atoms with Gasteiger partial charge in [0.2, 0.25) is 5.91 Å². The molecule has 5 rings (SSSR count). The second-order valence-corrected chi connectivity index (χ2v) is 10.1. The number of halogens is 1. The molecule has 1 aliphatic carbocycles. The molecular weight excluding hydrogens is 413 g/mol. The van der Waals surface area contributed by atoms with Gasteiger partial charge in [0.1, 0.15) is 5.82 Å². The maximum Gasteiger partial charge on any atom is 0.236 e. The first-order chi connectivity index (χ1) is 16.1. The monoisotopic (exact) mass is 449 g/mol. The Kier molecular flexibility index (Phi) is 6.79. The number of aryl methyl sites for hydroxylation is 1. The standard InChI is InChI=1S/C28H36FN3O/c1-21-7-10-26(27(29)17-21)23-8-9-24-19-30(12-11-22(24)18-23)20-28(33)32-15-13-31(14-16-32)25-5-3-2-4-6-25/h7-10,17-18,25H,2-6,11-16,19-20H2,1H3. The lowest BCUT2D eigenvalue weighted by Gasteiger charge is -2.41. The van der Waals surface area contributed by atoms with Gasteiger partial charge in [0, 0.05) is 50.9 Å². The lowest BCUT2D eigenvalue weighted by molar-refractivity contribution is -0.134. The minimum atomic E-state index is -0.165. The molecule has 176 valence electrons. The lowest BCUT2D eigenvalue weighted by Crippen LogP contribution is -2.54. The van der Waals surface area contributed by atoms with Crippen LogP contribution in [0, 0.1) is 12.7 Å². The SMILES string of the molecule is Cc1ccc(-c2ccc3c(c2)CCN(CC(=O)N2CCN(C4CCCCC4)CC2)C3)c(F)c1. The smallest absolute Gasteiger partial charge is 0.236 e. The molecule has 1 saturated heterocycles. The highest BCUT2D eigenvalue weighted by Gasteiger charge is 2.28. The van der Waals surface area contributed by atoms with Gasteiger partial charge >= 0.3 is 0 Å². The van der Waals surface area contributed by atoms with Crippen LogP contribution in [0.25, 0.3) is 11.1 Å². The van der Waals surface area contributed by atoms with E-state index in [1.54, 1.807) is 6.07 Å². The minimum absolute atomic E-state index is 0.165. The van der Waals surface area contributed by atoms with E-state index in [2.05, 4.69) is 26.8 Å². The van der Waals surface area contributed by atoms with Gasteiger partial charge in [-0.3, -0.25) is 14.6 Å². The summed E-state index contributed by atoms with van der Waals surface area (Å²) in [6, 6.07) is 12.4. The third-order valence-corrected chi connectivity index (χ3v) is 7.85. The highest BCUT2D eigenvalue weighted by molar-refractivity contribution is 5.78. The van der Waals surface area contributed by atoms with Crippen LogP contribution in [0.15, 0.2) is 36.4 Å². The summed E-state index contributed by atoms with van der Waals surface area (Å²) in [5, 5.41) is 0. The van der Waals surface area contributed by atoms with Gasteiger partial charge in [-0.25, -0.2) is 4.39 Å². The Morgan fingerprint density at radius 3 is 2.48 bits per heavy atom. The summed E-state index contributed by atoms with van der Waals surface area (Å²) in [7, 11) is 0. The summed E-state index contributed by atoms with van der Waals surface area (Å²) in [6.45, 7) is 7.86. The van der Waals surface area contributed by atoms with E-state index in [1.165, 1.54) is 43.2 Å². The molecule has 0 spiro atoms. The summed E-state index contributed by atoms with van der Waals surface area (Å²) >= 11 is 0. The van der Waals surface area contributed by atoms with Crippen LogP contribution in [0.4, 0.5) is 4.39 Å². The number of fused-ring (bicyclic) bond motifs is 1. The third kappa shape index (κ3) is 5.15. The molecule has 2 fully saturated rings. The number of carbonyl (C=O) groups is 1. The predicted octanol–water partition coefficient (Wildman–Crippen LogP) is 4.64. The zero-order chi connectivity index (χ0) is 22.8. The zero-order valence-corrected chi connectivity index (χ0v) is 19.9. The molecule has 33 heavy (non-hydrogen) atoms. The molecule has 2 aromatic rings. The summed E-state index contributed by atoms with van der Waals surface area (Å²) < 4.78 is 14.4. The first-order valence-electron chi connectivity index (χ1n) is 12.7. The molecule has 0 bridgehead atoms. The Labute approximate surface area is 197 Å². The molecule has 1 amide bonds. The van der Waals surface area contributed by atoms with Crippen molar-refractivity contribution in [2.24, 2.45) is 0 Å². The van der Waals surface area contributed by atoms with Crippen LogP contribution in [0.3, 0.4) is 0 Å². The van der Waals surface area contributed by atoms with E-state index in [1.807, 2.05) is 25.1 Å². The van der Waals surface area contributed by atoms with Crippen LogP contribution in [0.5, 0.6) is 0 Å². The van der Waals surface area contributed by atoms with Gasteiger partial charge in [0.25, 0.3) is 0 Å². The molecule has 1 saturated carbocycles. The largest absolute Gasteiger partial charge is 0.339 e. The van der Waals surface area contributed by atoms with Crippen LogP contribution in [-0.4, -0.2) is 65.9 Å². The second kappa shape index (κ2) is 9.94. The fourth-order valence-corrected chi connectivity index (χ4v) is 5.84. The Bertz CT molecular complexity index is 993. The molecule has 0 radical (unpaired) electrons. The summed E-state index contributed by atoms with van der Waals surface area (Å²) in [6.07, 6.45) is 7.68. The van der Waals surface area contributed by atoms with E-state index < -0.39 is 0 Å². The molecule has 0 atom stereocenters. The van der Waals surface area contributed by atoms with E-state index in [0.717, 1.165) is 62.9 Å². The fourth-order valence-electron chi connectivity index (χ4n) is 5.84. The van der Waals surface area contributed by atoms with Gasteiger partial charge in [-0.05, 0) is 54.5 Å². The fraction of sp³-hybridized carbons (Fsp3) is 0.536. The van der Waals surface area contributed by atoms with Crippen molar-refractivity contribution in [1.29, 1.82) is 0 Å². The number of benzene rings is 2. The van der Waals surface area contributed by atoms with Crippen LogP contribution in [-0.2, 0) is 17.8 Å². The average Bonchev–Trinajstić information content (AvgIpc) is 2.84. The van der Waals surface area contributed by atoms with Crippen molar-refractivity contribution in [3.63, 3.8) is 0 Å². The third-order valence-electron chi connectivity index (χ3n) is 7.85. The van der Waals surface area contributed by atoms with Crippen molar-refractivity contribution in [2.45, 2.75) is 58.0 Å². The van der Waals surface area contributed by atoms with E-state index in [0.29, 0.717) is 12.1 Å². The van der Waals surface area contributed by atoms with E-state index in [-0.39, 0.29) is 11.7 Å². The second-order valence-electron chi connectivity index (χ2n) is 10.1. The predicted molar refractivity (Wildman–Crippen MR) is 131 cm³/mol. The number of nitrogens with zero attached hydrogens (tertiary/aromatic N) is 3. The van der Waals surface area contributed by atoms with Crippen LogP contribution in [0.2, 0.25) is 0 Å². The Morgan fingerprint density at radius 2 is 1.73 bits per heavy atom. The lowest BCUT2D eigenvalue weighted by atomic mass is 9.93. The molecule has 2 aromatic carbocycles. The molecule has 0 N–H and O–H groups in total. The van der Waals surface area contributed by atoms with Crippen LogP contribution < -0.4 is 0 Å². The quantitative estimate of drug-likeness (QED) is 0.681. The van der Waals surface area contributed by atoms with Crippen molar-refractivity contribution < 1.29 is 9.18 Å². The summed E-state index contributed by atoms with van der Waals surface area (Å²) in [5.41, 5.74) is 5.06. The molecule has 5 heteroatoms. The number of hydrogen-bond acceptors (Lipinski definition) is 3. The van der Waals surface area contributed by atoms with Crippen LogP contribution >= 0.6 is 0 Å². The first-order valence-corrected chi connectivity index (χ1v) is 12.7. The topological polar surface area (TPSA) is 26.8 Å². The molecular formula is C28H36FN3O. The average molecular weight is 450 g/mol. The first kappa shape index (κ1) is 22.5. The Hall–Kier alpha value is -2.24. The van der Waals surface area contributed by atoms with Crippen LogP contribution in [0.1, 0.15) is 48.8 Å². The van der Waals surface area contributed by atoms with Crippen molar-refractivity contribution in [3.8, 4) is 11.1 Å². The zero-order valence-electron chi connectivity index (χ0n) is 19.9. The Morgan fingerprint density at radius 1 is 0.939 bits per heavy atom. The number of amides is 1. The van der Waals surface area contributed by atoms with Gasteiger partial charge in [-0.2, -0.15) is 0 Å². The van der Waals surface area contributed by atoms with E-state index >= 15 is 0 Å². The van der Waals surface area contributed by atoms with E-state index in [4.69, 9.17) is 0 Å². The van der Waals surface area contributed by atoms with Gasteiger partial charge in [-0.1, -0.05) is 49.6 Å². The maximum absolute atomic E-state index is 14.4. The number of carbonyl (C=O) groups excluding carboxylic acids is 1. The molecule has 3 aliphatic rings. The minimum Gasteiger partial charge on any atom is -0.339 e. The van der Waals surface area contributed by atoms with E-state index in [9.17, 15) is 9.18 Å². The number of rotatable bonds is 4. The van der Waals surface area contributed by atoms with Gasteiger partial charge in [-0.15, -0.1) is 0 Å². The normalized spacial score (nSPS) is 20.6. The highest BCUT2D eigenvalue weighted by Crippen LogP contribution is 2.29. The summed E-state index contributed by atoms with van der Waals surface area (Å²) in [5.74, 6) is 0.0988. The van der Waals surface area contributed by atoms with Crippen molar-refractivity contribution in [1.82, 2.24) is 14.7 Å².